The Morgan fingerprint density at radius 2 is 1.69 bits per heavy atom. The van der Waals surface area contributed by atoms with Crippen LogP contribution in [0.4, 0.5) is 13.2 Å². The standard InChI is InChI=1S/C20H22F3N3/c1-14-3-2-4-17(24-14)11-25-12-18-9-19(13-25)26(18)10-15-5-7-16(8-6-15)20(21,22)23/h2-8,18-19H,9-13H2,1H3. The van der Waals surface area contributed by atoms with E-state index < -0.39 is 11.7 Å². The monoisotopic (exact) mass is 361 g/mol. The fourth-order valence-electron chi connectivity index (χ4n) is 4.09. The molecule has 1 aromatic carbocycles. The summed E-state index contributed by atoms with van der Waals surface area (Å²) in [6.45, 7) is 5.58. The molecule has 0 N–H and O–H groups in total. The number of pyridine rings is 1. The fourth-order valence-corrected chi connectivity index (χ4v) is 4.09. The molecule has 3 aliphatic rings. The molecule has 2 atom stereocenters. The Morgan fingerprint density at radius 3 is 2.31 bits per heavy atom. The van der Waals surface area contributed by atoms with Gasteiger partial charge in [0.2, 0.25) is 0 Å². The van der Waals surface area contributed by atoms with Crippen molar-refractivity contribution in [3.8, 4) is 0 Å². The van der Waals surface area contributed by atoms with Crippen molar-refractivity contribution in [3.05, 3.63) is 65.0 Å². The van der Waals surface area contributed by atoms with Crippen molar-refractivity contribution in [1.29, 1.82) is 0 Å². The Kier molecular flexibility index (Phi) is 4.49. The molecule has 0 radical (unpaired) electrons. The van der Waals surface area contributed by atoms with Crippen LogP contribution in [0, 0.1) is 6.92 Å². The highest BCUT2D eigenvalue weighted by Crippen LogP contribution is 2.35. The second-order valence-corrected chi connectivity index (χ2v) is 7.37. The summed E-state index contributed by atoms with van der Waals surface area (Å²) in [5.41, 5.74) is 2.50. The van der Waals surface area contributed by atoms with Crippen LogP contribution >= 0.6 is 0 Å². The first kappa shape index (κ1) is 17.5. The van der Waals surface area contributed by atoms with Gasteiger partial charge in [-0.2, -0.15) is 13.2 Å². The summed E-state index contributed by atoms with van der Waals surface area (Å²) in [5.74, 6) is 0. The quantitative estimate of drug-likeness (QED) is 0.824. The Labute approximate surface area is 151 Å². The molecule has 138 valence electrons. The lowest BCUT2D eigenvalue weighted by atomic mass is 9.86. The van der Waals surface area contributed by atoms with Gasteiger partial charge in [0, 0.05) is 44.0 Å². The van der Waals surface area contributed by atoms with E-state index in [1.165, 1.54) is 18.6 Å². The number of benzene rings is 1. The number of aryl methyl sites for hydroxylation is 1. The molecule has 3 fully saturated rings. The number of hydrogen-bond donors (Lipinski definition) is 0. The SMILES string of the molecule is Cc1cccc(CN2CC3CC(C2)N3Cc2ccc(C(F)(F)F)cc2)n1. The molecule has 5 rings (SSSR count). The van der Waals surface area contributed by atoms with Crippen LogP contribution in [-0.4, -0.2) is 40.0 Å². The molecule has 2 unspecified atom stereocenters. The van der Waals surface area contributed by atoms with Crippen molar-refractivity contribution in [2.45, 2.75) is 44.7 Å². The lowest BCUT2D eigenvalue weighted by Gasteiger charge is -2.56. The van der Waals surface area contributed by atoms with E-state index in [0.717, 1.165) is 43.1 Å². The van der Waals surface area contributed by atoms with E-state index in [9.17, 15) is 13.2 Å². The minimum absolute atomic E-state index is 0.487. The van der Waals surface area contributed by atoms with Gasteiger partial charge in [0.05, 0.1) is 11.3 Å². The highest BCUT2D eigenvalue weighted by molar-refractivity contribution is 5.25. The van der Waals surface area contributed by atoms with Crippen LogP contribution in [0.2, 0.25) is 0 Å². The third-order valence-corrected chi connectivity index (χ3v) is 5.40. The smallest absolute Gasteiger partial charge is 0.294 e. The van der Waals surface area contributed by atoms with Crippen LogP contribution in [0.1, 0.15) is 28.9 Å². The molecule has 4 heterocycles. The summed E-state index contributed by atoms with van der Waals surface area (Å²) in [5, 5.41) is 0. The number of aromatic nitrogens is 1. The molecule has 2 bridgehead atoms. The predicted octanol–water partition coefficient (Wildman–Crippen LogP) is 3.87. The Hall–Kier alpha value is -1.92. The number of nitrogens with zero attached hydrogens (tertiary/aromatic N) is 3. The van der Waals surface area contributed by atoms with Gasteiger partial charge in [-0.05, 0) is 43.2 Å². The maximum absolute atomic E-state index is 12.7. The lowest BCUT2D eigenvalue weighted by Crippen LogP contribution is -2.67. The van der Waals surface area contributed by atoms with E-state index in [0.29, 0.717) is 12.1 Å². The topological polar surface area (TPSA) is 19.4 Å². The lowest BCUT2D eigenvalue weighted by molar-refractivity contribution is -0.137. The third kappa shape index (κ3) is 3.62. The van der Waals surface area contributed by atoms with Crippen molar-refractivity contribution in [2.75, 3.05) is 13.1 Å². The number of alkyl halides is 3. The second-order valence-electron chi connectivity index (χ2n) is 7.37. The number of halogens is 3. The minimum Gasteiger partial charge on any atom is -0.294 e. The van der Waals surface area contributed by atoms with Crippen molar-refractivity contribution in [1.82, 2.24) is 14.8 Å². The first-order valence-corrected chi connectivity index (χ1v) is 8.95. The maximum atomic E-state index is 12.7. The normalized spacial score (nSPS) is 23.7. The van der Waals surface area contributed by atoms with Crippen LogP contribution in [0.15, 0.2) is 42.5 Å². The van der Waals surface area contributed by atoms with Crippen molar-refractivity contribution in [3.63, 3.8) is 0 Å². The van der Waals surface area contributed by atoms with E-state index in [-0.39, 0.29) is 0 Å². The van der Waals surface area contributed by atoms with Gasteiger partial charge >= 0.3 is 6.18 Å². The average molecular weight is 361 g/mol. The van der Waals surface area contributed by atoms with E-state index in [2.05, 4.69) is 20.9 Å². The molecule has 3 saturated heterocycles. The molecule has 26 heavy (non-hydrogen) atoms. The van der Waals surface area contributed by atoms with Crippen LogP contribution in [0.25, 0.3) is 0 Å². The molecule has 0 saturated carbocycles. The summed E-state index contributed by atoms with van der Waals surface area (Å²) < 4.78 is 38.0. The molecular formula is C20H22F3N3. The molecular weight excluding hydrogens is 339 g/mol. The molecule has 0 amide bonds. The third-order valence-electron chi connectivity index (χ3n) is 5.40. The van der Waals surface area contributed by atoms with Gasteiger partial charge in [-0.3, -0.25) is 14.8 Å². The number of piperazine rings is 1. The number of hydrogen-bond acceptors (Lipinski definition) is 3. The molecule has 1 aromatic heterocycles. The molecule has 3 aliphatic heterocycles. The van der Waals surface area contributed by atoms with Gasteiger partial charge in [0.25, 0.3) is 0 Å². The van der Waals surface area contributed by atoms with E-state index in [1.807, 2.05) is 19.1 Å². The van der Waals surface area contributed by atoms with Crippen LogP contribution in [0.5, 0.6) is 0 Å². The molecule has 0 spiro atoms. The molecule has 2 aromatic rings. The number of piperidine rings is 1. The Morgan fingerprint density at radius 1 is 1.00 bits per heavy atom. The van der Waals surface area contributed by atoms with Crippen molar-refractivity contribution >= 4 is 0 Å². The summed E-state index contributed by atoms with van der Waals surface area (Å²) in [7, 11) is 0. The maximum Gasteiger partial charge on any atom is 0.416 e. The summed E-state index contributed by atoms with van der Waals surface area (Å²) in [4.78, 5) is 9.43. The predicted molar refractivity (Wildman–Crippen MR) is 93.4 cm³/mol. The second kappa shape index (κ2) is 6.67. The molecule has 3 nitrogen and oxygen atoms in total. The van der Waals surface area contributed by atoms with Gasteiger partial charge < -0.3 is 0 Å². The average Bonchev–Trinajstić information content (AvgIpc) is 2.59. The molecule has 0 aliphatic carbocycles. The van der Waals surface area contributed by atoms with Crippen LogP contribution in [-0.2, 0) is 19.3 Å². The Bertz CT molecular complexity index is 761. The van der Waals surface area contributed by atoms with Crippen molar-refractivity contribution in [2.24, 2.45) is 0 Å². The Balaban J connectivity index is 1.34. The van der Waals surface area contributed by atoms with Gasteiger partial charge in [-0.1, -0.05) is 18.2 Å². The van der Waals surface area contributed by atoms with Gasteiger partial charge in [-0.15, -0.1) is 0 Å². The summed E-state index contributed by atoms with van der Waals surface area (Å²) in [6, 6.07) is 12.6. The van der Waals surface area contributed by atoms with Crippen molar-refractivity contribution < 1.29 is 13.2 Å². The highest BCUT2D eigenvalue weighted by atomic mass is 19.4. The zero-order valence-corrected chi connectivity index (χ0v) is 14.7. The first-order chi connectivity index (χ1) is 12.4. The van der Waals surface area contributed by atoms with E-state index in [4.69, 9.17) is 0 Å². The fraction of sp³-hybridized carbons (Fsp3) is 0.450. The van der Waals surface area contributed by atoms with Crippen LogP contribution in [0.3, 0.4) is 0 Å². The van der Waals surface area contributed by atoms with Gasteiger partial charge in [0.1, 0.15) is 0 Å². The zero-order valence-electron chi connectivity index (χ0n) is 14.7. The largest absolute Gasteiger partial charge is 0.416 e. The van der Waals surface area contributed by atoms with Gasteiger partial charge in [-0.25, -0.2) is 0 Å². The number of fused-ring (bicyclic) bond motifs is 2. The zero-order chi connectivity index (χ0) is 18.3. The van der Waals surface area contributed by atoms with E-state index >= 15 is 0 Å². The summed E-state index contributed by atoms with van der Waals surface area (Å²) >= 11 is 0. The first-order valence-electron chi connectivity index (χ1n) is 8.95. The number of rotatable bonds is 4. The summed E-state index contributed by atoms with van der Waals surface area (Å²) in [6.07, 6.45) is -3.09. The highest BCUT2D eigenvalue weighted by Gasteiger charge is 2.44. The van der Waals surface area contributed by atoms with E-state index in [1.54, 1.807) is 12.1 Å². The molecule has 6 heteroatoms. The van der Waals surface area contributed by atoms with Crippen LogP contribution < -0.4 is 0 Å². The minimum atomic E-state index is -4.27. The van der Waals surface area contributed by atoms with Gasteiger partial charge in [0.15, 0.2) is 0 Å².